The smallest absolute Gasteiger partial charge is 0.347 e. The maximum Gasteiger partial charge on any atom is 0.347 e. The van der Waals surface area contributed by atoms with Crippen LogP contribution in [0.3, 0.4) is 0 Å². The van der Waals surface area contributed by atoms with Crippen LogP contribution in [0.15, 0.2) is 24.3 Å². The van der Waals surface area contributed by atoms with Crippen LogP contribution in [0.25, 0.3) is 0 Å². The van der Waals surface area contributed by atoms with Gasteiger partial charge in [0.15, 0.2) is 6.10 Å². The number of ether oxygens (including phenoxy) is 2. The van der Waals surface area contributed by atoms with Crippen LogP contribution in [0.4, 0.5) is 0 Å². The molecule has 0 bridgehead atoms. The third kappa shape index (κ3) is 2.99. The van der Waals surface area contributed by atoms with Gasteiger partial charge < -0.3 is 9.47 Å². The summed E-state index contributed by atoms with van der Waals surface area (Å²) in [7, 11) is 1.32. The number of rotatable bonds is 4. The molecule has 0 spiro atoms. The molecule has 0 aromatic heterocycles. The van der Waals surface area contributed by atoms with E-state index < -0.39 is 12.1 Å². The molecule has 4 nitrogen and oxygen atoms in total. The van der Waals surface area contributed by atoms with E-state index in [1.807, 2.05) is 13.0 Å². The van der Waals surface area contributed by atoms with Gasteiger partial charge in [-0.1, -0.05) is 13.0 Å². The van der Waals surface area contributed by atoms with Gasteiger partial charge in [0.25, 0.3) is 0 Å². The molecule has 0 heterocycles. The van der Waals surface area contributed by atoms with Crippen molar-refractivity contribution in [1.29, 1.82) is 5.26 Å². The number of esters is 1. The Bertz CT molecular complexity index is 409. The summed E-state index contributed by atoms with van der Waals surface area (Å²) >= 11 is 0. The minimum absolute atomic E-state index is 0.412. The summed E-state index contributed by atoms with van der Waals surface area (Å²) in [5.74, 6) is 0.0844. The van der Waals surface area contributed by atoms with Crippen molar-refractivity contribution in [3.63, 3.8) is 0 Å². The molecule has 0 fully saturated rings. The normalized spacial score (nSPS) is 11.3. The molecule has 4 heteroatoms. The fraction of sp³-hybridized carbons (Fsp3) is 0.333. The lowest BCUT2D eigenvalue weighted by Crippen LogP contribution is -2.27. The maximum atomic E-state index is 11.3. The molecule has 16 heavy (non-hydrogen) atoms. The van der Waals surface area contributed by atoms with Crippen molar-refractivity contribution in [3.05, 3.63) is 29.8 Å². The van der Waals surface area contributed by atoms with Gasteiger partial charge in [-0.05, 0) is 24.6 Å². The summed E-state index contributed by atoms with van der Waals surface area (Å²) < 4.78 is 10.0. The van der Waals surface area contributed by atoms with Crippen molar-refractivity contribution in [1.82, 2.24) is 0 Å². The number of carbonyl (C=O) groups is 1. The van der Waals surface area contributed by atoms with Gasteiger partial charge in [0.1, 0.15) is 5.75 Å². The molecule has 1 rings (SSSR count). The number of methoxy groups -OCH3 is 1. The Balaban J connectivity index is 2.78. The van der Waals surface area contributed by atoms with Crippen LogP contribution in [0.1, 0.15) is 18.9 Å². The molecule has 0 saturated carbocycles. The summed E-state index contributed by atoms with van der Waals surface area (Å²) in [6.07, 6.45) is -0.109. The van der Waals surface area contributed by atoms with Gasteiger partial charge in [-0.2, -0.15) is 5.26 Å². The standard InChI is InChI=1S/C12H13NO3/c1-3-11(12(14)15-2)16-10-6-4-5-9(7-10)8-13/h4-7,11H,3H2,1-2H3. The Labute approximate surface area is 94.4 Å². The molecule has 0 amide bonds. The second-order valence-corrected chi connectivity index (χ2v) is 3.18. The van der Waals surface area contributed by atoms with E-state index in [0.29, 0.717) is 17.7 Å². The quantitative estimate of drug-likeness (QED) is 0.725. The van der Waals surface area contributed by atoms with Crippen LogP contribution in [-0.4, -0.2) is 19.2 Å². The Hall–Kier alpha value is -2.02. The largest absolute Gasteiger partial charge is 0.479 e. The van der Waals surface area contributed by atoms with E-state index in [1.165, 1.54) is 7.11 Å². The van der Waals surface area contributed by atoms with Gasteiger partial charge in [0, 0.05) is 0 Å². The summed E-state index contributed by atoms with van der Waals surface area (Å²) in [5.41, 5.74) is 0.497. The van der Waals surface area contributed by atoms with Crippen molar-refractivity contribution >= 4 is 5.97 Å². The zero-order valence-electron chi connectivity index (χ0n) is 9.27. The molecular formula is C12H13NO3. The van der Waals surface area contributed by atoms with Gasteiger partial charge in [0.2, 0.25) is 0 Å². The average Bonchev–Trinajstić information content (AvgIpc) is 2.35. The molecule has 1 unspecified atom stereocenters. The van der Waals surface area contributed by atoms with Gasteiger partial charge in [0.05, 0.1) is 18.7 Å². The predicted octanol–water partition coefficient (Wildman–Crippen LogP) is 1.89. The van der Waals surface area contributed by atoms with Crippen molar-refractivity contribution < 1.29 is 14.3 Å². The second-order valence-electron chi connectivity index (χ2n) is 3.18. The first kappa shape index (κ1) is 12.1. The van der Waals surface area contributed by atoms with Crippen LogP contribution < -0.4 is 4.74 Å². The molecule has 0 N–H and O–H groups in total. The van der Waals surface area contributed by atoms with Crippen LogP contribution in [-0.2, 0) is 9.53 Å². The second kappa shape index (κ2) is 5.76. The van der Waals surface area contributed by atoms with Crippen molar-refractivity contribution in [2.75, 3.05) is 7.11 Å². The Kier molecular flexibility index (Phi) is 4.34. The van der Waals surface area contributed by atoms with Gasteiger partial charge >= 0.3 is 5.97 Å². The van der Waals surface area contributed by atoms with Crippen LogP contribution >= 0.6 is 0 Å². The molecular weight excluding hydrogens is 206 g/mol. The fourth-order valence-corrected chi connectivity index (χ4v) is 1.23. The first-order chi connectivity index (χ1) is 7.71. The minimum atomic E-state index is -0.626. The number of nitriles is 1. The van der Waals surface area contributed by atoms with Crippen LogP contribution in [0, 0.1) is 11.3 Å². The van der Waals surface area contributed by atoms with Crippen LogP contribution in [0.2, 0.25) is 0 Å². The topological polar surface area (TPSA) is 59.3 Å². The molecule has 0 radical (unpaired) electrons. The minimum Gasteiger partial charge on any atom is -0.479 e. The number of benzene rings is 1. The Morgan fingerprint density at radius 3 is 2.88 bits per heavy atom. The number of carbonyl (C=O) groups excluding carboxylic acids is 1. The highest BCUT2D eigenvalue weighted by molar-refractivity contribution is 5.74. The lowest BCUT2D eigenvalue weighted by molar-refractivity contribution is -0.148. The number of nitrogens with zero attached hydrogens (tertiary/aromatic N) is 1. The zero-order chi connectivity index (χ0) is 12.0. The molecule has 1 atom stereocenters. The highest BCUT2D eigenvalue weighted by atomic mass is 16.6. The highest BCUT2D eigenvalue weighted by Crippen LogP contribution is 2.15. The van der Waals surface area contributed by atoms with E-state index in [4.69, 9.17) is 10.00 Å². The summed E-state index contributed by atoms with van der Waals surface area (Å²) in [4.78, 5) is 11.3. The SMILES string of the molecule is CCC(Oc1cccc(C#N)c1)C(=O)OC. The first-order valence-corrected chi connectivity index (χ1v) is 4.96. The number of hydrogen-bond donors (Lipinski definition) is 0. The average molecular weight is 219 g/mol. The summed E-state index contributed by atoms with van der Waals surface area (Å²) in [5, 5.41) is 8.71. The summed E-state index contributed by atoms with van der Waals surface area (Å²) in [6.45, 7) is 1.83. The molecule has 0 aliphatic carbocycles. The molecule has 1 aromatic carbocycles. The van der Waals surface area contributed by atoms with E-state index in [1.54, 1.807) is 24.3 Å². The van der Waals surface area contributed by atoms with Gasteiger partial charge in [-0.25, -0.2) is 4.79 Å². The third-order valence-electron chi connectivity index (χ3n) is 2.08. The lowest BCUT2D eigenvalue weighted by atomic mass is 10.2. The van der Waals surface area contributed by atoms with E-state index in [0.717, 1.165) is 0 Å². The monoisotopic (exact) mass is 219 g/mol. The molecule has 0 saturated heterocycles. The van der Waals surface area contributed by atoms with Gasteiger partial charge in [-0.15, -0.1) is 0 Å². The summed E-state index contributed by atoms with van der Waals surface area (Å²) in [6, 6.07) is 8.67. The van der Waals surface area contributed by atoms with Crippen LogP contribution in [0.5, 0.6) is 5.75 Å². The van der Waals surface area contributed by atoms with Gasteiger partial charge in [-0.3, -0.25) is 0 Å². The third-order valence-corrected chi connectivity index (χ3v) is 2.08. The molecule has 84 valence electrons. The highest BCUT2D eigenvalue weighted by Gasteiger charge is 2.18. The van der Waals surface area contributed by atoms with Crippen molar-refractivity contribution in [2.45, 2.75) is 19.4 Å². The fourth-order valence-electron chi connectivity index (χ4n) is 1.23. The molecule has 0 aliphatic heterocycles. The molecule has 1 aromatic rings. The first-order valence-electron chi connectivity index (χ1n) is 4.96. The maximum absolute atomic E-state index is 11.3. The predicted molar refractivity (Wildman–Crippen MR) is 57.9 cm³/mol. The lowest BCUT2D eigenvalue weighted by Gasteiger charge is -2.14. The Morgan fingerprint density at radius 1 is 1.56 bits per heavy atom. The number of hydrogen-bond acceptors (Lipinski definition) is 4. The molecule has 0 aliphatic rings. The van der Waals surface area contributed by atoms with E-state index >= 15 is 0 Å². The van der Waals surface area contributed by atoms with Crippen molar-refractivity contribution in [3.8, 4) is 11.8 Å². The van der Waals surface area contributed by atoms with E-state index in [-0.39, 0.29) is 0 Å². The zero-order valence-corrected chi connectivity index (χ0v) is 9.27. The van der Waals surface area contributed by atoms with Crippen molar-refractivity contribution in [2.24, 2.45) is 0 Å². The van der Waals surface area contributed by atoms with E-state index in [2.05, 4.69) is 4.74 Å². The van der Waals surface area contributed by atoms with E-state index in [9.17, 15) is 4.79 Å². The Morgan fingerprint density at radius 2 is 2.31 bits per heavy atom.